The highest BCUT2D eigenvalue weighted by Crippen LogP contribution is 2.46. The Labute approximate surface area is 217 Å². The van der Waals surface area contributed by atoms with Gasteiger partial charge in [-0.2, -0.15) is 0 Å². The highest BCUT2D eigenvalue weighted by molar-refractivity contribution is 5.89. The Morgan fingerprint density at radius 1 is 0.703 bits per heavy atom. The number of ether oxygens (including phenoxy) is 2. The van der Waals surface area contributed by atoms with Gasteiger partial charge in [0.2, 0.25) is 0 Å². The molecule has 2 atom stereocenters. The number of rotatable bonds is 7. The first-order valence-corrected chi connectivity index (χ1v) is 12.4. The zero-order valence-corrected chi connectivity index (χ0v) is 20.7. The van der Waals surface area contributed by atoms with Gasteiger partial charge in [0.1, 0.15) is 12.1 Å². The Morgan fingerprint density at radius 3 is 1.57 bits per heavy atom. The molecule has 186 valence electrons. The normalized spacial score (nSPS) is 17.8. The highest BCUT2D eigenvalue weighted by atomic mass is 16.5. The quantitative estimate of drug-likeness (QED) is 0.254. The lowest BCUT2D eigenvalue weighted by molar-refractivity contribution is -0.147. The van der Waals surface area contributed by atoms with Crippen molar-refractivity contribution in [2.24, 2.45) is 0 Å². The predicted molar refractivity (Wildman–Crippen MR) is 142 cm³/mol. The fourth-order valence-corrected chi connectivity index (χ4v) is 5.44. The van der Waals surface area contributed by atoms with Crippen LogP contribution in [-0.2, 0) is 19.8 Å². The van der Waals surface area contributed by atoms with Crippen LogP contribution in [0.1, 0.15) is 33.5 Å². The predicted octanol–water partition coefficient (Wildman–Crippen LogP) is 5.45. The Morgan fingerprint density at radius 2 is 1.14 bits per heavy atom. The smallest absolute Gasteiger partial charge is 0.338 e. The average molecular weight is 492 g/mol. The van der Waals surface area contributed by atoms with Crippen LogP contribution in [-0.4, -0.2) is 42.6 Å². The van der Waals surface area contributed by atoms with E-state index in [1.807, 2.05) is 60.7 Å². The number of carbonyl (C=O) groups excluding carboxylic acids is 2. The van der Waals surface area contributed by atoms with Crippen molar-refractivity contribution >= 4 is 11.9 Å². The van der Waals surface area contributed by atoms with Gasteiger partial charge in [0.05, 0.1) is 18.2 Å². The lowest BCUT2D eigenvalue weighted by atomic mass is 9.75. The first kappa shape index (κ1) is 24.5. The SMILES string of the molecule is COC(=O)[C@@H]1C[C@H](OC(=O)c2ccccc2)CN1C(c1ccccc1)(c1ccccc1)c1ccccc1. The van der Waals surface area contributed by atoms with Crippen molar-refractivity contribution in [1.82, 2.24) is 4.90 Å². The molecule has 0 spiro atoms. The van der Waals surface area contributed by atoms with E-state index in [0.29, 0.717) is 18.5 Å². The Kier molecular flexibility index (Phi) is 7.15. The van der Waals surface area contributed by atoms with Gasteiger partial charge in [0, 0.05) is 13.0 Å². The van der Waals surface area contributed by atoms with Crippen LogP contribution in [0.5, 0.6) is 0 Å². The van der Waals surface area contributed by atoms with Gasteiger partial charge in [0.25, 0.3) is 0 Å². The molecule has 0 radical (unpaired) electrons. The summed E-state index contributed by atoms with van der Waals surface area (Å²) in [5.41, 5.74) is 2.69. The van der Waals surface area contributed by atoms with Crippen LogP contribution in [0.2, 0.25) is 0 Å². The number of carbonyl (C=O) groups is 2. The third-order valence-corrected chi connectivity index (χ3v) is 7.02. The number of hydrogen-bond donors (Lipinski definition) is 0. The number of nitrogens with zero attached hydrogens (tertiary/aromatic N) is 1. The summed E-state index contributed by atoms with van der Waals surface area (Å²) in [7, 11) is 1.40. The van der Waals surface area contributed by atoms with Crippen molar-refractivity contribution in [3.63, 3.8) is 0 Å². The van der Waals surface area contributed by atoms with E-state index in [1.165, 1.54) is 7.11 Å². The van der Waals surface area contributed by atoms with Gasteiger partial charge in [-0.1, -0.05) is 109 Å². The zero-order valence-electron chi connectivity index (χ0n) is 20.7. The minimum Gasteiger partial charge on any atom is -0.468 e. The molecule has 0 aliphatic carbocycles. The summed E-state index contributed by atoms with van der Waals surface area (Å²) in [5, 5.41) is 0. The summed E-state index contributed by atoms with van der Waals surface area (Å²) in [6.07, 6.45) is -0.160. The lowest BCUT2D eigenvalue weighted by Crippen LogP contribution is -2.53. The van der Waals surface area contributed by atoms with Gasteiger partial charge in [-0.15, -0.1) is 0 Å². The fraction of sp³-hybridized carbons (Fsp3) is 0.188. The molecule has 0 amide bonds. The van der Waals surface area contributed by atoms with Crippen LogP contribution < -0.4 is 0 Å². The Hall–Kier alpha value is -4.22. The molecule has 0 N–H and O–H groups in total. The molecule has 1 aliphatic heterocycles. The van der Waals surface area contributed by atoms with Gasteiger partial charge >= 0.3 is 11.9 Å². The molecular weight excluding hydrogens is 462 g/mol. The second-order valence-corrected chi connectivity index (χ2v) is 9.13. The molecule has 37 heavy (non-hydrogen) atoms. The average Bonchev–Trinajstić information content (AvgIpc) is 3.39. The van der Waals surface area contributed by atoms with E-state index in [9.17, 15) is 9.59 Å². The molecule has 1 fully saturated rings. The van der Waals surface area contributed by atoms with Crippen molar-refractivity contribution in [3.8, 4) is 0 Å². The number of benzene rings is 4. The molecule has 5 rings (SSSR count). The number of esters is 2. The molecule has 1 saturated heterocycles. The van der Waals surface area contributed by atoms with Crippen LogP contribution in [0.15, 0.2) is 121 Å². The molecule has 5 nitrogen and oxygen atoms in total. The molecule has 0 bridgehead atoms. The first-order chi connectivity index (χ1) is 18.1. The van der Waals surface area contributed by atoms with Gasteiger partial charge in [0.15, 0.2) is 0 Å². The molecule has 0 unspecified atom stereocenters. The minimum atomic E-state index is -0.823. The summed E-state index contributed by atoms with van der Waals surface area (Å²) in [5.74, 6) is -0.758. The van der Waals surface area contributed by atoms with E-state index >= 15 is 0 Å². The van der Waals surface area contributed by atoms with Crippen molar-refractivity contribution in [2.45, 2.75) is 24.1 Å². The van der Waals surface area contributed by atoms with E-state index in [4.69, 9.17) is 9.47 Å². The standard InChI is InChI=1S/C32H29NO4/c1-36-31(35)29-22-28(37-30(34)24-14-6-2-7-15-24)23-33(29)32(25-16-8-3-9-17-25,26-18-10-4-11-19-26)27-20-12-5-13-21-27/h2-21,28-29H,22-23H2,1H3/t28-,29-/m0/s1. The van der Waals surface area contributed by atoms with Crippen LogP contribution in [0.3, 0.4) is 0 Å². The van der Waals surface area contributed by atoms with Crippen molar-refractivity contribution in [1.29, 1.82) is 0 Å². The van der Waals surface area contributed by atoms with Gasteiger partial charge < -0.3 is 9.47 Å². The Bertz CT molecular complexity index is 1230. The third kappa shape index (κ3) is 4.66. The number of methoxy groups -OCH3 is 1. The summed E-state index contributed by atoms with van der Waals surface area (Å²) in [4.78, 5) is 28.4. The lowest BCUT2D eigenvalue weighted by Gasteiger charge is -2.45. The van der Waals surface area contributed by atoms with Crippen LogP contribution >= 0.6 is 0 Å². The van der Waals surface area contributed by atoms with Crippen LogP contribution in [0.25, 0.3) is 0 Å². The molecule has 4 aromatic rings. The summed E-state index contributed by atoms with van der Waals surface area (Å²) < 4.78 is 11.3. The monoisotopic (exact) mass is 491 g/mol. The molecule has 1 aliphatic rings. The molecule has 0 saturated carbocycles. The van der Waals surface area contributed by atoms with E-state index in [0.717, 1.165) is 16.7 Å². The maximum absolute atomic E-state index is 13.3. The van der Waals surface area contributed by atoms with Gasteiger partial charge in [-0.25, -0.2) is 4.79 Å². The second kappa shape index (κ2) is 10.8. The summed E-state index contributed by atoms with van der Waals surface area (Å²) >= 11 is 0. The fourth-order valence-electron chi connectivity index (χ4n) is 5.44. The topological polar surface area (TPSA) is 55.8 Å². The van der Waals surface area contributed by atoms with Crippen molar-refractivity contribution < 1.29 is 19.1 Å². The molecule has 0 aromatic heterocycles. The van der Waals surface area contributed by atoms with Crippen LogP contribution in [0, 0.1) is 0 Å². The van der Waals surface area contributed by atoms with E-state index in [-0.39, 0.29) is 5.97 Å². The molecule has 4 aromatic carbocycles. The van der Waals surface area contributed by atoms with Gasteiger partial charge in [-0.3, -0.25) is 9.69 Å². The molecular formula is C32H29NO4. The maximum Gasteiger partial charge on any atom is 0.338 e. The van der Waals surface area contributed by atoms with Crippen LogP contribution in [0.4, 0.5) is 0 Å². The van der Waals surface area contributed by atoms with Gasteiger partial charge in [-0.05, 0) is 28.8 Å². The second-order valence-electron chi connectivity index (χ2n) is 9.13. The zero-order chi connectivity index (χ0) is 25.7. The third-order valence-electron chi connectivity index (χ3n) is 7.02. The molecule has 1 heterocycles. The Balaban J connectivity index is 1.66. The van der Waals surface area contributed by atoms with E-state index < -0.39 is 23.7 Å². The summed E-state index contributed by atoms with van der Waals surface area (Å²) in [6, 6.07) is 38.8. The first-order valence-electron chi connectivity index (χ1n) is 12.4. The number of hydrogen-bond acceptors (Lipinski definition) is 5. The highest BCUT2D eigenvalue weighted by Gasteiger charge is 2.52. The molecule has 5 heteroatoms. The minimum absolute atomic E-state index is 0.333. The maximum atomic E-state index is 13.3. The van der Waals surface area contributed by atoms with E-state index in [1.54, 1.807) is 24.3 Å². The van der Waals surface area contributed by atoms with Crippen molar-refractivity contribution in [3.05, 3.63) is 144 Å². The van der Waals surface area contributed by atoms with Crippen molar-refractivity contribution in [2.75, 3.05) is 13.7 Å². The largest absolute Gasteiger partial charge is 0.468 e. The summed E-state index contributed by atoms with van der Waals surface area (Å²) in [6.45, 7) is 0.358. The number of likely N-dealkylation sites (tertiary alicyclic amines) is 1. The van der Waals surface area contributed by atoms with E-state index in [2.05, 4.69) is 41.3 Å².